The van der Waals surface area contributed by atoms with Gasteiger partial charge in [-0.05, 0) is 31.1 Å². The minimum atomic E-state index is -0.0559. The minimum absolute atomic E-state index is 0.0559. The van der Waals surface area contributed by atoms with Crippen LogP contribution in [0.4, 0.5) is 0 Å². The van der Waals surface area contributed by atoms with Gasteiger partial charge in [0.15, 0.2) is 0 Å². The summed E-state index contributed by atoms with van der Waals surface area (Å²) in [4.78, 5) is 11.7. The second-order valence-corrected chi connectivity index (χ2v) is 8.02. The average molecular weight is 403 g/mol. The summed E-state index contributed by atoms with van der Waals surface area (Å²) in [6.45, 7) is 4.98. The number of ether oxygens (including phenoxy) is 1. The van der Waals surface area contributed by atoms with E-state index in [4.69, 9.17) is 4.74 Å². The molecule has 0 radical (unpaired) electrons. The average Bonchev–Trinajstić information content (AvgIpc) is 2.72. The van der Waals surface area contributed by atoms with Crippen LogP contribution >= 0.6 is 0 Å². The molecule has 2 nitrogen and oxygen atoms in total. The molecule has 29 heavy (non-hydrogen) atoms. The Morgan fingerprint density at radius 2 is 1.03 bits per heavy atom. The lowest BCUT2D eigenvalue weighted by molar-refractivity contribution is -0.143. The second kappa shape index (κ2) is 24.6. The van der Waals surface area contributed by atoms with Crippen LogP contribution in [0.2, 0.25) is 0 Å². The van der Waals surface area contributed by atoms with Crippen LogP contribution in [0, 0.1) is 23.7 Å². The zero-order chi connectivity index (χ0) is 21.3. The van der Waals surface area contributed by atoms with Crippen LogP contribution in [0.3, 0.4) is 0 Å². The summed E-state index contributed by atoms with van der Waals surface area (Å²) in [7, 11) is 0. The fourth-order valence-electron chi connectivity index (χ4n) is 3.21. The Morgan fingerprint density at radius 3 is 1.59 bits per heavy atom. The van der Waals surface area contributed by atoms with Gasteiger partial charge < -0.3 is 4.74 Å². The van der Waals surface area contributed by atoms with E-state index in [0.29, 0.717) is 13.0 Å². The Balaban J connectivity index is 3.36. The summed E-state index contributed by atoms with van der Waals surface area (Å²) in [5.74, 6) is 11.9. The van der Waals surface area contributed by atoms with E-state index < -0.39 is 0 Å². The number of carbonyl (C=O) groups is 1. The molecule has 0 fully saturated rings. The quantitative estimate of drug-likeness (QED) is 0.124. The van der Waals surface area contributed by atoms with E-state index in [1.165, 1.54) is 83.5 Å². The third kappa shape index (κ3) is 24.6. The first-order chi connectivity index (χ1) is 14.3. The van der Waals surface area contributed by atoms with Gasteiger partial charge >= 0.3 is 5.97 Å². The first kappa shape index (κ1) is 27.6. The van der Waals surface area contributed by atoms with Gasteiger partial charge in [-0.2, -0.15) is 0 Å². The predicted molar refractivity (Wildman–Crippen MR) is 126 cm³/mol. The third-order valence-corrected chi connectivity index (χ3v) is 5.09. The number of hydrogen-bond acceptors (Lipinski definition) is 2. The van der Waals surface area contributed by atoms with E-state index in [-0.39, 0.29) is 5.97 Å². The third-order valence-electron chi connectivity index (χ3n) is 5.09. The lowest BCUT2D eigenvalue weighted by Gasteiger charge is -2.04. The molecule has 0 bridgehead atoms. The van der Waals surface area contributed by atoms with Crippen molar-refractivity contribution in [1.29, 1.82) is 0 Å². The molecule has 0 saturated carbocycles. The number of esters is 1. The first-order valence-corrected chi connectivity index (χ1v) is 12.4. The molecule has 0 heterocycles. The number of rotatable bonds is 19. The van der Waals surface area contributed by atoms with Crippen LogP contribution < -0.4 is 0 Å². The fraction of sp³-hybridized carbons (Fsp3) is 0.815. The Hall–Kier alpha value is -1.41. The summed E-state index contributed by atoms with van der Waals surface area (Å²) in [6, 6.07) is 0. The molecule has 0 aliphatic heterocycles. The summed E-state index contributed by atoms with van der Waals surface area (Å²) in [6.07, 6.45) is 22.3. The predicted octanol–water partition coefficient (Wildman–Crippen LogP) is 7.99. The van der Waals surface area contributed by atoms with Crippen molar-refractivity contribution in [3.63, 3.8) is 0 Å². The number of hydrogen-bond donors (Lipinski definition) is 0. The molecule has 0 aromatic heterocycles. The number of unbranched alkanes of at least 4 members (excludes halogenated alkanes) is 15. The van der Waals surface area contributed by atoms with Gasteiger partial charge in [-0.3, -0.25) is 4.79 Å². The monoisotopic (exact) mass is 402 g/mol. The lowest BCUT2D eigenvalue weighted by atomic mass is 10.1. The normalized spacial score (nSPS) is 10.0. The largest absolute Gasteiger partial charge is 0.466 e. The molecule has 0 unspecified atom stereocenters. The maximum absolute atomic E-state index is 11.7. The molecule has 2 heteroatoms. The SMILES string of the molecule is CCCCCCCCC#CC#CCCCOC(=O)CCCCCCCCCCC. The van der Waals surface area contributed by atoms with Crippen LogP contribution in [0.5, 0.6) is 0 Å². The second-order valence-electron chi connectivity index (χ2n) is 8.02. The molecule has 0 atom stereocenters. The minimum Gasteiger partial charge on any atom is -0.466 e. The molecule has 0 spiro atoms. The van der Waals surface area contributed by atoms with E-state index in [9.17, 15) is 4.79 Å². The molecule has 166 valence electrons. The topological polar surface area (TPSA) is 26.3 Å². The standard InChI is InChI=1S/C27H46O2/c1-3-5-7-9-11-13-14-15-16-18-20-22-24-26-29-27(28)25-23-21-19-17-12-10-8-6-4-2/h3-14,17,19,21-26H2,1-2H3. The highest BCUT2D eigenvalue weighted by Crippen LogP contribution is 2.11. The van der Waals surface area contributed by atoms with Gasteiger partial charge in [0.05, 0.1) is 6.61 Å². The van der Waals surface area contributed by atoms with Crippen molar-refractivity contribution in [3.8, 4) is 23.7 Å². The van der Waals surface area contributed by atoms with Gasteiger partial charge in [0.2, 0.25) is 0 Å². The van der Waals surface area contributed by atoms with E-state index in [1.54, 1.807) is 0 Å². The van der Waals surface area contributed by atoms with Crippen molar-refractivity contribution in [1.82, 2.24) is 0 Å². The fourth-order valence-corrected chi connectivity index (χ4v) is 3.21. The van der Waals surface area contributed by atoms with Gasteiger partial charge in [-0.1, -0.05) is 109 Å². The molecule has 0 aromatic rings. The number of carbonyl (C=O) groups excluding carboxylic acids is 1. The van der Waals surface area contributed by atoms with Crippen molar-refractivity contribution in [2.45, 2.75) is 136 Å². The highest BCUT2D eigenvalue weighted by Gasteiger charge is 2.02. The molecule has 0 amide bonds. The molecule has 0 saturated heterocycles. The van der Waals surface area contributed by atoms with Crippen molar-refractivity contribution in [2.24, 2.45) is 0 Å². The summed E-state index contributed by atoms with van der Waals surface area (Å²) < 4.78 is 5.27. The van der Waals surface area contributed by atoms with E-state index in [0.717, 1.165) is 32.1 Å². The van der Waals surface area contributed by atoms with Crippen LogP contribution in [0.15, 0.2) is 0 Å². The Kier molecular flexibility index (Phi) is 23.4. The summed E-state index contributed by atoms with van der Waals surface area (Å²) >= 11 is 0. The van der Waals surface area contributed by atoms with E-state index in [1.807, 2.05) is 0 Å². The van der Waals surface area contributed by atoms with Gasteiger partial charge in [0.1, 0.15) is 0 Å². The lowest BCUT2D eigenvalue weighted by Crippen LogP contribution is -2.05. The highest BCUT2D eigenvalue weighted by atomic mass is 16.5. The first-order valence-electron chi connectivity index (χ1n) is 12.4. The highest BCUT2D eigenvalue weighted by molar-refractivity contribution is 5.69. The molecule has 0 rings (SSSR count). The molecular weight excluding hydrogens is 356 g/mol. The molecule has 0 aliphatic rings. The van der Waals surface area contributed by atoms with Crippen molar-refractivity contribution >= 4 is 5.97 Å². The maximum Gasteiger partial charge on any atom is 0.305 e. The van der Waals surface area contributed by atoms with Gasteiger partial charge in [0.25, 0.3) is 0 Å². The summed E-state index contributed by atoms with van der Waals surface area (Å²) in [5.41, 5.74) is 0. The van der Waals surface area contributed by atoms with Crippen molar-refractivity contribution in [2.75, 3.05) is 6.61 Å². The zero-order valence-electron chi connectivity index (χ0n) is 19.5. The molecule has 0 aliphatic carbocycles. The van der Waals surface area contributed by atoms with Crippen molar-refractivity contribution in [3.05, 3.63) is 0 Å². The molecular formula is C27H46O2. The van der Waals surface area contributed by atoms with Gasteiger partial charge in [0, 0.05) is 19.3 Å². The Bertz CT molecular complexity index is 472. The maximum atomic E-state index is 11.7. The van der Waals surface area contributed by atoms with Gasteiger partial charge in [-0.15, -0.1) is 0 Å². The summed E-state index contributed by atoms with van der Waals surface area (Å²) in [5, 5.41) is 0. The zero-order valence-corrected chi connectivity index (χ0v) is 19.5. The van der Waals surface area contributed by atoms with Crippen LogP contribution in [-0.4, -0.2) is 12.6 Å². The van der Waals surface area contributed by atoms with Gasteiger partial charge in [-0.25, -0.2) is 0 Å². The smallest absolute Gasteiger partial charge is 0.305 e. The van der Waals surface area contributed by atoms with Crippen LogP contribution in [0.25, 0.3) is 0 Å². The molecule has 0 N–H and O–H groups in total. The van der Waals surface area contributed by atoms with Crippen molar-refractivity contribution < 1.29 is 9.53 Å². The van der Waals surface area contributed by atoms with Crippen LogP contribution in [-0.2, 0) is 9.53 Å². The Labute approximate surface area is 182 Å². The van der Waals surface area contributed by atoms with E-state index in [2.05, 4.69) is 37.5 Å². The molecule has 0 aromatic carbocycles. The van der Waals surface area contributed by atoms with E-state index >= 15 is 0 Å². The van der Waals surface area contributed by atoms with Crippen LogP contribution in [0.1, 0.15) is 136 Å². The Morgan fingerprint density at radius 1 is 0.586 bits per heavy atom.